The van der Waals surface area contributed by atoms with E-state index < -0.39 is 6.10 Å². The summed E-state index contributed by atoms with van der Waals surface area (Å²) < 4.78 is 13.2. The molecule has 1 aromatic rings. The Morgan fingerprint density at radius 3 is 2.56 bits per heavy atom. The van der Waals surface area contributed by atoms with Gasteiger partial charge < -0.3 is 10.0 Å². The first kappa shape index (κ1) is 14.5. The maximum atomic E-state index is 13.2. The fourth-order valence-electron chi connectivity index (χ4n) is 1.95. The van der Waals surface area contributed by atoms with Crippen molar-refractivity contribution in [3.63, 3.8) is 0 Å². The maximum Gasteiger partial charge on any atom is 0.123 e. The Kier molecular flexibility index (Phi) is 5.11. The van der Waals surface area contributed by atoms with E-state index in [1.807, 2.05) is 18.7 Å². The van der Waals surface area contributed by atoms with Gasteiger partial charge in [-0.15, -0.1) is 0 Å². The van der Waals surface area contributed by atoms with Gasteiger partial charge in [-0.25, -0.2) is 4.39 Å². The highest BCUT2D eigenvalue weighted by molar-refractivity contribution is 5.55. The molecule has 4 heteroatoms. The third-order valence-corrected chi connectivity index (χ3v) is 2.84. The van der Waals surface area contributed by atoms with E-state index in [-0.39, 0.29) is 11.9 Å². The lowest BCUT2D eigenvalue weighted by Gasteiger charge is -2.31. The molecule has 0 aliphatic heterocycles. The Labute approximate surface area is 107 Å². The molecule has 0 amide bonds. The Bertz CT molecular complexity index is 438. The van der Waals surface area contributed by atoms with Crippen molar-refractivity contribution >= 4 is 5.69 Å². The summed E-state index contributed by atoms with van der Waals surface area (Å²) in [5.74, 6) is -0.362. The first-order valence-electron chi connectivity index (χ1n) is 6.08. The number of benzene rings is 1. The van der Waals surface area contributed by atoms with Crippen molar-refractivity contribution in [2.45, 2.75) is 39.3 Å². The summed E-state index contributed by atoms with van der Waals surface area (Å²) in [5, 5.41) is 18.4. The van der Waals surface area contributed by atoms with E-state index >= 15 is 0 Å². The molecule has 98 valence electrons. The number of halogens is 1. The van der Waals surface area contributed by atoms with Crippen LogP contribution < -0.4 is 4.90 Å². The first-order chi connectivity index (χ1) is 8.47. The molecular weight excluding hydrogens is 231 g/mol. The minimum atomic E-state index is -0.737. The van der Waals surface area contributed by atoms with Crippen molar-refractivity contribution in [1.29, 1.82) is 5.26 Å². The van der Waals surface area contributed by atoms with Gasteiger partial charge in [0.15, 0.2) is 0 Å². The van der Waals surface area contributed by atoms with Gasteiger partial charge in [0.25, 0.3) is 0 Å². The van der Waals surface area contributed by atoms with Crippen LogP contribution in [0.4, 0.5) is 10.1 Å². The van der Waals surface area contributed by atoms with Gasteiger partial charge in [-0.3, -0.25) is 0 Å². The van der Waals surface area contributed by atoms with Gasteiger partial charge in [-0.1, -0.05) is 0 Å². The van der Waals surface area contributed by atoms with Crippen LogP contribution in [0.5, 0.6) is 0 Å². The lowest BCUT2D eigenvalue weighted by molar-refractivity contribution is 0.199. The summed E-state index contributed by atoms with van der Waals surface area (Å²) in [7, 11) is 0. The molecule has 0 bridgehead atoms. The van der Waals surface area contributed by atoms with Gasteiger partial charge >= 0.3 is 0 Å². The molecule has 0 fully saturated rings. The Morgan fingerprint density at radius 1 is 1.39 bits per heavy atom. The normalized spacial score (nSPS) is 12.3. The van der Waals surface area contributed by atoms with E-state index in [0.29, 0.717) is 18.5 Å². The van der Waals surface area contributed by atoms with E-state index in [4.69, 9.17) is 5.26 Å². The molecule has 1 aromatic carbocycles. The predicted octanol–water partition coefficient (Wildman–Crippen LogP) is 3.01. The Morgan fingerprint density at radius 2 is 2.06 bits per heavy atom. The quantitative estimate of drug-likeness (QED) is 0.873. The van der Waals surface area contributed by atoms with E-state index in [1.54, 1.807) is 13.0 Å². The van der Waals surface area contributed by atoms with E-state index in [1.165, 1.54) is 12.1 Å². The van der Waals surface area contributed by atoms with Gasteiger partial charge in [0, 0.05) is 23.8 Å². The van der Waals surface area contributed by atoms with Crippen LogP contribution in [0.1, 0.15) is 38.9 Å². The second kappa shape index (κ2) is 6.36. The molecule has 0 unspecified atom stereocenters. The number of aliphatic hydroxyl groups is 1. The zero-order valence-corrected chi connectivity index (χ0v) is 11.0. The molecule has 0 radical (unpaired) electrons. The smallest absolute Gasteiger partial charge is 0.123 e. The summed E-state index contributed by atoms with van der Waals surface area (Å²) in [6, 6.07) is 6.67. The highest BCUT2D eigenvalue weighted by Crippen LogP contribution is 2.28. The fourth-order valence-corrected chi connectivity index (χ4v) is 1.95. The summed E-state index contributed by atoms with van der Waals surface area (Å²) in [6.45, 7) is 6.19. The van der Waals surface area contributed by atoms with Crippen molar-refractivity contribution in [3.05, 3.63) is 29.6 Å². The zero-order valence-electron chi connectivity index (χ0n) is 11.0. The average molecular weight is 250 g/mol. The predicted molar refractivity (Wildman–Crippen MR) is 69.7 cm³/mol. The van der Waals surface area contributed by atoms with E-state index in [0.717, 1.165) is 5.69 Å². The van der Waals surface area contributed by atoms with Gasteiger partial charge in [0.05, 0.1) is 18.6 Å². The summed E-state index contributed by atoms with van der Waals surface area (Å²) >= 11 is 0. The van der Waals surface area contributed by atoms with Crippen LogP contribution in [0.2, 0.25) is 0 Å². The number of rotatable bonds is 5. The third kappa shape index (κ3) is 3.44. The van der Waals surface area contributed by atoms with Crippen LogP contribution >= 0.6 is 0 Å². The van der Waals surface area contributed by atoms with Crippen LogP contribution in [0.25, 0.3) is 0 Å². The highest BCUT2D eigenvalue weighted by Gasteiger charge is 2.17. The van der Waals surface area contributed by atoms with Crippen molar-refractivity contribution in [2.24, 2.45) is 0 Å². The van der Waals surface area contributed by atoms with Crippen LogP contribution in [-0.4, -0.2) is 17.7 Å². The van der Waals surface area contributed by atoms with Crippen LogP contribution in [-0.2, 0) is 0 Å². The van der Waals surface area contributed by atoms with E-state index in [9.17, 15) is 9.50 Å². The standard InChI is InChI=1S/C14H19FN2O/c1-10(2)17(8-4-7-16)14-6-5-12(15)9-13(14)11(3)18/h5-6,9-11,18H,4,8H2,1-3H3/t11-/m0/s1. The largest absolute Gasteiger partial charge is 0.389 e. The van der Waals surface area contributed by atoms with Gasteiger partial charge in [0.2, 0.25) is 0 Å². The molecular formula is C14H19FN2O. The number of hydrogen-bond donors (Lipinski definition) is 1. The zero-order chi connectivity index (χ0) is 13.7. The van der Waals surface area contributed by atoms with Crippen LogP contribution in [0, 0.1) is 17.1 Å². The highest BCUT2D eigenvalue weighted by atomic mass is 19.1. The minimum absolute atomic E-state index is 0.182. The second-order valence-corrected chi connectivity index (χ2v) is 4.57. The van der Waals surface area contributed by atoms with Crippen molar-refractivity contribution in [3.8, 4) is 6.07 Å². The Balaban J connectivity index is 3.15. The molecule has 0 saturated heterocycles. The molecule has 0 aromatic heterocycles. The molecule has 0 aliphatic rings. The average Bonchev–Trinajstić information content (AvgIpc) is 2.30. The number of nitriles is 1. The molecule has 18 heavy (non-hydrogen) atoms. The van der Waals surface area contributed by atoms with Crippen molar-refractivity contribution < 1.29 is 9.50 Å². The molecule has 0 saturated carbocycles. The lowest BCUT2D eigenvalue weighted by atomic mass is 10.1. The monoisotopic (exact) mass is 250 g/mol. The minimum Gasteiger partial charge on any atom is -0.389 e. The molecule has 0 aliphatic carbocycles. The topological polar surface area (TPSA) is 47.3 Å². The van der Waals surface area contributed by atoms with Crippen LogP contribution in [0.3, 0.4) is 0 Å². The summed E-state index contributed by atoms with van der Waals surface area (Å²) in [6.07, 6.45) is -0.339. The van der Waals surface area contributed by atoms with Crippen molar-refractivity contribution in [1.82, 2.24) is 0 Å². The number of aliphatic hydroxyl groups excluding tert-OH is 1. The van der Waals surface area contributed by atoms with Gasteiger partial charge in [-0.05, 0) is 39.0 Å². The molecule has 1 rings (SSSR count). The summed E-state index contributed by atoms with van der Waals surface area (Å²) in [5.41, 5.74) is 1.35. The second-order valence-electron chi connectivity index (χ2n) is 4.57. The van der Waals surface area contributed by atoms with Gasteiger partial charge in [-0.2, -0.15) is 5.26 Å². The lowest BCUT2D eigenvalue weighted by Crippen LogP contribution is -2.32. The molecule has 0 spiro atoms. The number of hydrogen-bond acceptors (Lipinski definition) is 3. The fraction of sp³-hybridized carbons (Fsp3) is 0.500. The Hall–Kier alpha value is -1.60. The van der Waals surface area contributed by atoms with Crippen molar-refractivity contribution in [2.75, 3.05) is 11.4 Å². The third-order valence-electron chi connectivity index (χ3n) is 2.84. The van der Waals surface area contributed by atoms with Gasteiger partial charge in [0.1, 0.15) is 5.82 Å². The summed E-state index contributed by atoms with van der Waals surface area (Å²) in [4.78, 5) is 2.00. The maximum absolute atomic E-state index is 13.2. The van der Waals surface area contributed by atoms with E-state index in [2.05, 4.69) is 6.07 Å². The number of nitrogens with zero attached hydrogens (tertiary/aromatic N) is 2. The molecule has 3 nitrogen and oxygen atoms in total. The number of anilines is 1. The molecule has 1 atom stereocenters. The SMILES string of the molecule is CC(C)N(CCC#N)c1ccc(F)cc1[C@H](C)O. The molecule has 1 N–H and O–H groups in total. The molecule has 0 heterocycles. The van der Waals surface area contributed by atoms with Crippen LogP contribution in [0.15, 0.2) is 18.2 Å². The first-order valence-corrected chi connectivity index (χ1v) is 6.08.